The van der Waals surface area contributed by atoms with E-state index in [1.807, 2.05) is 35.2 Å². The summed E-state index contributed by atoms with van der Waals surface area (Å²) in [5.41, 5.74) is 1.82. The van der Waals surface area contributed by atoms with Crippen LogP contribution in [0.15, 0.2) is 54.6 Å². The minimum Gasteiger partial charge on any atom is -0.349 e. The maximum Gasteiger partial charge on any atom is 0.225 e. The van der Waals surface area contributed by atoms with Crippen molar-refractivity contribution in [2.45, 2.75) is 25.4 Å². The molecule has 0 unspecified atom stereocenters. The van der Waals surface area contributed by atoms with Gasteiger partial charge in [0.2, 0.25) is 11.8 Å². The van der Waals surface area contributed by atoms with E-state index in [9.17, 15) is 14.0 Å². The van der Waals surface area contributed by atoms with Crippen LogP contribution in [0.5, 0.6) is 0 Å². The molecule has 2 aromatic carbocycles. The molecule has 1 aliphatic rings. The Morgan fingerprint density at radius 3 is 2.43 bits per heavy atom. The Morgan fingerprint density at radius 1 is 1.11 bits per heavy atom. The van der Waals surface area contributed by atoms with Gasteiger partial charge in [-0.1, -0.05) is 42.5 Å². The van der Waals surface area contributed by atoms with Crippen molar-refractivity contribution in [3.63, 3.8) is 0 Å². The number of halogens is 1. The molecule has 2 aromatic rings. The number of benzene rings is 2. The Morgan fingerprint density at radius 2 is 1.79 bits per heavy atom. The summed E-state index contributed by atoms with van der Waals surface area (Å²) >= 11 is 0. The van der Waals surface area contributed by atoms with Crippen LogP contribution >= 0.6 is 0 Å². The van der Waals surface area contributed by atoms with Crippen LogP contribution in [0.25, 0.3) is 0 Å². The fourth-order valence-electron chi connectivity index (χ4n) is 3.66. The highest BCUT2D eigenvalue weighted by Gasteiger charge is 2.31. The van der Waals surface area contributed by atoms with Gasteiger partial charge in [0, 0.05) is 26.6 Å². The second-order valence-corrected chi connectivity index (χ2v) is 7.28. The van der Waals surface area contributed by atoms with Crippen molar-refractivity contribution in [2.24, 2.45) is 0 Å². The molecule has 2 atom stereocenters. The Labute approximate surface area is 165 Å². The molecule has 0 saturated carbocycles. The largest absolute Gasteiger partial charge is 0.349 e. The summed E-state index contributed by atoms with van der Waals surface area (Å²) < 4.78 is 13.3. The van der Waals surface area contributed by atoms with Gasteiger partial charge in [-0.05, 0) is 30.3 Å². The lowest BCUT2D eigenvalue weighted by atomic mass is 9.99. The minimum atomic E-state index is -0.485. The molecule has 3 rings (SSSR count). The van der Waals surface area contributed by atoms with Crippen LogP contribution in [0.2, 0.25) is 0 Å². The molecule has 5 nitrogen and oxygen atoms in total. The minimum absolute atomic E-state index is 0.0231. The third-order valence-corrected chi connectivity index (χ3v) is 5.12. The van der Waals surface area contributed by atoms with E-state index < -0.39 is 6.04 Å². The van der Waals surface area contributed by atoms with Crippen LogP contribution in [0.3, 0.4) is 0 Å². The molecule has 1 saturated heterocycles. The quantitative estimate of drug-likeness (QED) is 0.864. The van der Waals surface area contributed by atoms with Crippen molar-refractivity contribution >= 4 is 11.8 Å². The molecule has 0 radical (unpaired) electrons. The standard InChI is InChI=1S/C22H26FN3O2/c1-16(27)24-20(17-8-10-19(23)11-9-17)14-22(28)26-13-12-25(2)15-21(26)18-6-4-3-5-7-18/h3-11,20-21H,12-15H2,1-2H3,(H,24,27)/t20-,21+/m1/s1. The number of nitrogens with one attached hydrogen (secondary N) is 1. The number of carbonyl (C=O) groups excluding carboxylic acids is 2. The first-order valence-corrected chi connectivity index (χ1v) is 9.49. The van der Waals surface area contributed by atoms with E-state index in [1.165, 1.54) is 19.1 Å². The predicted octanol–water partition coefficient (Wildman–Crippen LogP) is 2.91. The molecule has 148 valence electrons. The lowest BCUT2D eigenvalue weighted by Crippen LogP contribution is -2.50. The first-order valence-electron chi connectivity index (χ1n) is 9.49. The molecular formula is C22H26FN3O2. The van der Waals surface area contributed by atoms with Gasteiger partial charge < -0.3 is 15.1 Å². The number of nitrogens with zero attached hydrogens (tertiary/aromatic N) is 2. The normalized spacial score (nSPS) is 18.5. The van der Waals surface area contributed by atoms with Gasteiger partial charge >= 0.3 is 0 Å². The lowest BCUT2D eigenvalue weighted by Gasteiger charge is -2.41. The van der Waals surface area contributed by atoms with Gasteiger partial charge in [-0.2, -0.15) is 0 Å². The van der Waals surface area contributed by atoms with Gasteiger partial charge in [-0.15, -0.1) is 0 Å². The first kappa shape index (κ1) is 20.0. The number of amides is 2. The second kappa shape index (κ2) is 8.97. The molecule has 0 aromatic heterocycles. The van der Waals surface area contributed by atoms with Crippen LogP contribution in [0.4, 0.5) is 4.39 Å². The van der Waals surface area contributed by atoms with Crippen molar-refractivity contribution in [3.05, 3.63) is 71.5 Å². The number of hydrogen-bond acceptors (Lipinski definition) is 3. The molecule has 0 spiro atoms. The molecule has 0 aliphatic carbocycles. The topological polar surface area (TPSA) is 52.7 Å². The van der Waals surface area contributed by atoms with E-state index in [0.29, 0.717) is 6.54 Å². The molecule has 2 amide bonds. The van der Waals surface area contributed by atoms with Crippen molar-refractivity contribution in [2.75, 3.05) is 26.7 Å². The fraction of sp³-hybridized carbons (Fsp3) is 0.364. The molecule has 0 bridgehead atoms. The van der Waals surface area contributed by atoms with Crippen molar-refractivity contribution < 1.29 is 14.0 Å². The Bertz CT molecular complexity index is 810. The van der Waals surface area contributed by atoms with Crippen LogP contribution in [-0.4, -0.2) is 48.3 Å². The third-order valence-electron chi connectivity index (χ3n) is 5.12. The average Bonchev–Trinajstić information content (AvgIpc) is 2.68. The number of carbonyl (C=O) groups is 2. The molecule has 1 heterocycles. The van der Waals surface area contributed by atoms with Crippen molar-refractivity contribution in [1.29, 1.82) is 0 Å². The Balaban J connectivity index is 1.80. The smallest absolute Gasteiger partial charge is 0.225 e. The van der Waals surface area contributed by atoms with E-state index in [-0.39, 0.29) is 30.1 Å². The van der Waals surface area contributed by atoms with Gasteiger partial charge in [0.15, 0.2) is 0 Å². The summed E-state index contributed by atoms with van der Waals surface area (Å²) in [5.74, 6) is -0.593. The zero-order valence-electron chi connectivity index (χ0n) is 16.3. The van der Waals surface area contributed by atoms with Crippen LogP contribution in [-0.2, 0) is 9.59 Å². The fourth-order valence-corrected chi connectivity index (χ4v) is 3.66. The van der Waals surface area contributed by atoms with Crippen LogP contribution in [0, 0.1) is 5.82 Å². The highest BCUT2D eigenvalue weighted by atomic mass is 19.1. The number of hydrogen-bond donors (Lipinski definition) is 1. The average molecular weight is 383 g/mol. The third kappa shape index (κ3) is 4.95. The maximum atomic E-state index is 13.3. The maximum absolute atomic E-state index is 13.3. The predicted molar refractivity (Wildman–Crippen MR) is 106 cm³/mol. The van der Waals surface area contributed by atoms with Gasteiger partial charge in [0.05, 0.1) is 18.5 Å². The second-order valence-electron chi connectivity index (χ2n) is 7.28. The summed E-state index contributed by atoms with van der Waals surface area (Å²) in [5, 5.41) is 2.83. The first-order chi connectivity index (χ1) is 13.4. The summed E-state index contributed by atoms with van der Waals surface area (Å²) in [6, 6.07) is 15.4. The summed E-state index contributed by atoms with van der Waals surface area (Å²) in [6.45, 7) is 3.61. The zero-order chi connectivity index (χ0) is 20.1. The number of piperazine rings is 1. The summed E-state index contributed by atoms with van der Waals surface area (Å²) in [7, 11) is 2.05. The lowest BCUT2D eigenvalue weighted by molar-refractivity contribution is -0.137. The summed E-state index contributed by atoms with van der Waals surface area (Å²) in [4.78, 5) is 29.0. The van der Waals surface area contributed by atoms with Gasteiger partial charge in [-0.3, -0.25) is 9.59 Å². The molecule has 28 heavy (non-hydrogen) atoms. The molecule has 1 N–H and O–H groups in total. The summed E-state index contributed by atoms with van der Waals surface area (Å²) in [6.07, 6.45) is 0.137. The molecular weight excluding hydrogens is 357 g/mol. The van der Waals surface area contributed by atoms with E-state index in [0.717, 1.165) is 24.2 Å². The van der Waals surface area contributed by atoms with Crippen LogP contribution in [0.1, 0.15) is 36.6 Å². The van der Waals surface area contributed by atoms with Gasteiger partial charge in [0.25, 0.3) is 0 Å². The SMILES string of the molecule is CC(=O)N[C@H](CC(=O)N1CCN(C)C[C@H]1c1ccccc1)c1ccc(F)cc1. The van der Waals surface area contributed by atoms with Crippen molar-refractivity contribution in [3.8, 4) is 0 Å². The van der Waals surface area contributed by atoms with Crippen LogP contribution < -0.4 is 5.32 Å². The van der Waals surface area contributed by atoms with Gasteiger partial charge in [-0.25, -0.2) is 4.39 Å². The number of rotatable bonds is 5. The highest BCUT2D eigenvalue weighted by molar-refractivity contribution is 5.79. The van der Waals surface area contributed by atoms with E-state index >= 15 is 0 Å². The number of likely N-dealkylation sites (N-methyl/N-ethyl adjacent to an activating group) is 1. The zero-order valence-corrected chi connectivity index (χ0v) is 16.3. The van der Waals surface area contributed by atoms with E-state index in [2.05, 4.69) is 17.3 Å². The Kier molecular flexibility index (Phi) is 6.41. The van der Waals surface area contributed by atoms with Crippen molar-refractivity contribution in [1.82, 2.24) is 15.1 Å². The molecule has 1 fully saturated rings. The van der Waals surface area contributed by atoms with E-state index in [1.54, 1.807) is 12.1 Å². The van der Waals surface area contributed by atoms with Gasteiger partial charge in [0.1, 0.15) is 5.82 Å². The van der Waals surface area contributed by atoms with E-state index in [4.69, 9.17) is 0 Å². The molecule has 1 aliphatic heterocycles. The monoisotopic (exact) mass is 383 g/mol. The highest BCUT2D eigenvalue weighted by Crippen LogP contribution is 2.27. The Hall–Kier alpha value is -2.73. The molecule has 6 heteroatoms.